The molecule has 2 aromatic carbocycles. The van der Waals surface area contributed by atoms with E-state index in [1.54, 1.807) is 18.2 Å². The third kappa shape index (κ3) is 4.23. The van der Waals surface area contributed by atoms with Gasteiger partial charge in [-0.05, 0) is 52.3 Å². The fraction of sp³-hybridized carbons (Fsp3) is 0.0556. The molecule has 0 spiro atoms. The summed E-state index contributed by atoms with van der Waals surface area (Å²) in [5.41, 5.74) is 0.497. The molecule has 0 atom stereocenters. The van der Waals surface area contributed by atoms with Crippen molar-refractivity contribution in [3.63, 3.8) is 0 Å². The van der Waals surface area contributed by atoms with Crippen molar-refractivity contribution in [3.8, 4) is 11.6 Å². The molecule has 0 aliphatic heterocycles. The number of aromatic nitrogens is 2. The lowest BCUT2D eigenvalue weighted by molar-refractivity contribution is -0.385. The van der Waals surface area contributed by atoms with Gasteiger partial charge in [0.05, 0.1) is 23.3 Å². The van der Waals surface area contributed by atoms with E-state index in [9.17, 15) is 14.9 Å². The van der Waals surface area contributed by atoms with Crippen LogP contribution >= 0.6 is 15.9 Å². The van der Waals surface area contributed by atoms with Crippen molar-refractivity contribution in [2.45, 2.75) is 0 Å². The molecule has 0 radical (unpaired) electrons. The number of ether oxygens (including phenoxy) is 2. The Balaban J connectivity index is 1.92. The monoisotopic (exact) mass is 444 g/mol. The minimum atomic E-state index is -0.628. The largest absolute Gasteiger partial charge is 0.465 e. The number of anilines is 2. The number of hydrogen-bond acceptors (Lipinski definition) is 8. The highest BCUT2D eigenvalue weighted by molar-refractivity contribution is 9.10. The van der Waals surface area contributed by atoms with Gasteiger partial charge in [0, 0.05) is 4.47 Å². The second-order valence-corrected chi connectivity index (χ2v) is 6.21. The Labute approximate surface area is 167 Å². The van der Waals surface area contributed by atoms with Gasteiger partial charge in [0.25, 0.3) is 0 Å². The zero-order valence-corrected chi connectivity index (χ0v) is 16.0. The summed E-state index contributed by atoms with van der Waals surface area (Å²) in [6, 6.07) is 13.1. The molecule has 0 aliphatic rings. The quantitative estimate of drug-likeness (QED) is 0.336. The molecule has 1 aromatic heterocycles. The smallest absolute Gasteiger partial charge is 0.373 e. The van der Waals surface area contributed by atoms with Crippen LogP contribution in [-0.4, -0.2) is 28.0 Å². The molecule has 0 unspecified atom stereocenters. The molecule has 1 N–H and O–H groups in total. The number of carbonyl (C=O) groups is 1. The number of nitro groups is 1. The number of nitrogens with zero attached hydrogens (tertiary/aromatic N) is 3. The van der Waals surface area contributed by atoms with Gasteiger partial charge in [0.2, 0.25) is 5.82 Å². The lowest BCUT2D eigenvalue weighted by Crippen LogP contribution is -2.04. The van der Waals surface area contributed by atoms with Crippen molar-refractivity contribution in [1.82, 2.24) is 9.97 Å². The van der Waals surface area contributed by atoms with Gasteiger partial charge >= 0.3 is 17.5 Å². The molecular weight excluding hydrogens is 432 g/mol. The van der Waals surface area contributed by atoms with Crippen molar-refractivity contribution in [2.24, 2.45) is 0 Å². The average molecular weight is 445 g/mol. The molecule has 0 bridgehead atoms. The Morgan fingerprint density at radius 3 is 2.50 bits per heavy atom. The first-order chi connectivity index (χ1) is 13.5. The summed E-state index contributed by atoms with van der Waals surface area (Å²) in [6.07, 6.45) is 1.16. The Morgan fingerprint density at radius 2 is 1.86 bits per heavy atom. The Bertz CT molecular complexity index is 1030. The molecule has 9 nitrogen and oxygen atoms in total. The Morgan fingerprint density at radius 1 is 1.14 bits per heavy atom. The van der Waals surface area contributed by atoms with E-state index in [0.29, 0.717) is 15.7 Å². The van der Waals surface area contributed by atoms with Gasteiger partial charge in [-0.25, -0.2) is 9.78 Å². The lowest BCUT2D eigenvalue weighted by Gasteiger charge is -2.10. The van der Waals surface area contributed by atoms with Crippen LogP contribution in [0.4, 0.5) is 17.2 Å². The number of benzene rings is 2. The fourth-order valence-electron chi connectivity index (χ4n) is 2.27. The van der Waals surface area contributed by atoms with Crippen LogP contribution < -0.4 is 10.1 Å². The molecule has 0 fully saturated rings. The van der Waals surface area contributed by atoms with Crippen LogP contribution in [0.2, 0.25) is 0 Å². The maximum atomic E-state index is 11.6. The Kier molecular flexibility index (Phi) is 5.80. The van der Waals surface area contributed by atoms with E-state index in [0.717, 1.165) is 6.33 Å². The summed E-state index contributed by atoms with van der Waals surface area (Å²) in [5, 5.41) is 14.5. The molecule has 0 aliphatic carbocycles. The first-order valence-electron chi connectivity index (χ1n) is 7.86. The molecule has 142 valence electrons. The predicted octanol–water partition coefficient (Wildman–Crippen LogP) is 4.47. The summed E-state index contributed by atoms with van der Waals surface area (Å²) in [6.45, 7) is 0. The van der Waals surface area contributed by atoms with E-state index in [-0.39, 0.29) is 17.4 Å². The Hall–Kier alpha value is -3.53. The summed E-state index contributed by atoms with van der Waals surface area (Å²) >= 11 is 3.37. The standard InChI is InChI=1S/C18H13BrN4O5/c1-27-18(24)11-6-8-12(9-7-11)28-17-15(23(25)26)16(20-10-21-17)22-14-5-3-2-4-13(14)19/h2-10H,1H3,(H,20,21,22). The van der Waals surface area contributed by atoms with Gasteiger partial charge in [0.15, 0.2) is 0 Å². The van der Waals surface area contributed by atoms with Gasteiger partial charge in [-0.2, -0.15) is 4.98 Å². The summed E-state index contributed by atoms with van der Waals surface area (Å²) in [5.74, 6) is -0.491. The van der Waals surface area contributed by atoms with Crippen LogP contribution in [0.15, 0.2) is 59.3 Å². The van der Waals surface area contributed by atoms with Gasteiger partial charge < -0.3 is 14.8 Å². The zero-order valence-electron chi connectivity index (χ0n) is 14.5. The second-order valence-electron chi connectivity index (χ2n) is 5.36. The summed E-state index contributed by atoms with van der Waals surface area (Å²) in [7, 11) is 1.27. The number of nitrogens with one attached hydrogen (secondary N) is 1. The first-order valence-corrected chi connectivity index (χ1v) is 8.66. The highest BCUT2D eigenvalue weighted by Crippen LogP contribution is 2.36. The van der Waals surface area contributed by atoms with Crippen LogP contribution in [0, 0.1) is 10.1 Å². The highest BCUT2D eigenvalue weighted by Gasteiger charge is 2.25. The number of rotatable bonds is 6. The maximum absolute atomic E-state index is 11.6. The van der Waals surface area contributed by atoms with Crippen molar-refractivity contribution in [1.29, 1.82) is 0 Å². The second kappa shape index (κ2) is 8.44. The summed E-state index contributed by atoms with van der Waals surface area (Å²) < 4.78 is 10.9. The van der Waals surface area contributed by atoms with Gasteiger partial charge in [-0.15, -0.1) is 0 Å². The number of methoxy groups -OCH3 is 1. The molecule has 0 amide bonds. The third-order valence-corrected chi connectivity index (χ3v) is 4.28. The van der Waals surface area contributed by atoms with E-state index in [4.69, 9.17) is 4.74 Å². The summed E-state index contributed by atoms with van der Waals surface area (Å²) in [4.78, 5) is 30.3. The maximum Gasteiger partial charge on any atom is 0.373 e. The predicted molar refractivity (Wildman–Crippen MR) is 104 cm³/mol. The highest BCUT2D eigenvalue weighted by atomic mass is 79.9. The number of hydrogen-bond donors (Lipinski definition) is 1. The van der Waals surface area contributed by atoms with E-state index in [2.05, 4.69) is 36.0 Å². The van der Waals surface area contributed by atoms with Crippen LogP contribution in [0.25, 0.3) is 0 Å². The minimum Gasteiger partial charge on any atom is -0.465 e. The van der Waals surface area contributed by atoms with Crippen LogP contribution in [-0.2, 0) is 4.74 Å². The van der Waals surface area contributed by atoms with Crippen LogP contribution in [0.1, 0.15) is 10.4 Å². The number of carbonyl (C=O) groups excluding carboxylic acids is 1. The topological polar surface area (TPSA) is 116 Å². The zero-order chi connectivity index (χ0) is 20.1. The van der Waals surface area contributed by atoms with Crippen molar-refractivity contribution in [3.05, 3.63) is 75.0 Å². The fourth-order valence-corrected chi connectivity index (χ4v) is 2.66. The van der Waals surface area contributed by atoms with Gasteiger partial charge in [-0.3, -0.25) is 10.1 Å². The molecule has 1 heterocycles. The number of halogens is 1. The molecule has 28 heavy (non-hydrogen) atoms. The number of esters is 1. The molecule has 3 rings (SSSR count). The number of para-hydroxylation sites is 1. The average Bonchev–Trinajstić information content (AvgIpc) is 2.69. The van der Waals surface area contributed by atoms with Gasteiger partial charge in [0.1, 0.15) is 12.1 Å². The van der Waals surface area contributed by atoms with Gasteiger partial charge in [-0.1, -0.05) is 12.1 Å². The SMILES string of the molecule is COC(=O)c1ccc(Oc2ncnc(Nc3ccccc3Br)c2[N+](=O)[O-])cc1. The first kappa shape index (κ1) is 19.2. The minimum absolute atomic E-state index is 0.0203. The van der Waals surface area contributed by atoms with Crippen molar-refractivity contribution < 1.29 is 19.2 Å². The third-order valence-electron chi connectivity index (χ3n) is 3.59. The normalized spacial score (nSPS) is 10.2. The molecule has 3 aromatic rings. The molecule has 0 saturated carbocycles. The molecular formula is C18H13BrN4O5. The molecule has 0 saturated heterocycles. The van der Waals surface area contributed by atoms with E-state index < -0.39 is 16.6 Å². The van der Waals surface area contributed by atoms with E-state index in [1.165, 1.54) is 31.4 Å². The van der Waals surface area contributed by atoms with Crippen molar-refractivity contribution >= 4 is 39.1 Å². The van der Waals surface area contributed by atoms with Crippen LogP contribution in [0.3, 0.4) is 0 Å². The van der Waals surface area contributed by atoms with Crippen molar-refractivity contribution in [2.75, 3.05) is 12.4 Å². The molecule has 10 heteroatoms. The lowest BCUT2D eigenvalue weighted by atomic mass is 10.2. The van der Waals surface area contributed by atoms with E-state index >= 15 is 0 Å². The van der Waals surface area contributed by atoms with E-state index in [1.807, 2.05) is 6.07 Å². The van der Waals surface area contributed by atoms with Crippen LogP contribution in [0.5, 0.6) is 11.6 Å².